The van der Waals surface area contributed by atoms with E-state index in [1.54, 1.807) is 0 Å². The number of nitrogens with zero attached hydrogens (tertiary/aromatic N) is 2. The Morgan fingerprint density at radius 3 is 2.29 bits per heavy atom. The second-order valence-corrected chi connectivity index (χ2v) is 11.9. The Morgan fingerprint density at radius 1 is 1.03 bits per heavy atom. The molecule has 1 saturated carbocycles. The standard InChI is InChI=1S/C27H36F3N3O4S/c1-32(2)26(20-8-5-4-6-9-20)21-12-14-23(15-13-21)31-25(34)19-37-17-16-33(3)38(35,36)24-11-7-10-22(18-24)27(28,29)30/h4-11,18,21,23,26H,12-17,19H2,1-3H3,(H,31,34). The van der Waals surface area contributed by atoms with Gasteiger partial charge in [0, 0.05) is 25.7 Å². The van der Waals surface area contributed by atoms with E-state index in [4.69, 9.17) is 4.74 Å². The largest absolute Gasteiger partial charge is 0.416 e. The summed E-state index contributed by atoms with van der Waals surface area (Å²) in [6, 6.07) is 14.4. The van der Waals surface area contributed by atoms with E-state index in [1.165, 1.54) is 12.6 Å². The van der Waals surface area contributed by atoms with E-state index in [1.807, 2.05) is 6.07 Å². The zero-order chi connectivity index (χ0) is 27.9. The van der Waals surface area contributed by atoms with Crippen LogP contribution in [0.1, 0.15) is 42.9 Å². The van der Waals surface area contributed by atoms with Crippen molar-refractivity contribution < 1.29 is 31.1 Å². The van der Waals surface area contributed by atoms with Crippen molar-refractivity contribution in [1.29, 1.82) is 0 Å². The van der Waals surface area contributed by atoms with E-state index in [2.05, 4.69) is 48.6 Å². The van der Waals surface area contributed by atoms with Gasteiger partial charge in [-0.2, -0.15) is 17.5 Å². The number of benzene rings is 2. The summed E-state index contributed by atoms with van der Waals surface area (Å²) >= 11 is 0. The van der Waals surface area contributed by atoms with Crippen molar-refractivity contribution in [3.8, 4) is 0 Å². The Morgan fingerprint density at radius 2 is 1.68 bits per heavy atom. The van der Waals surface area contributed by atoms with Gasteiger partial charge in [0.1, 0.15) is 6.61 Å². The number of carbonyl (C=O) groups is 1. The number of ether oxygens (including phenoxy) is 1. The average Bonchev–Trinajstić information content (AvgIpc) is 2.87. The van der Waals surface area contributed by atoms with Crippen molar-refractivity contribution in [3.05, 3.63) is 65.7 Å². The van der Waals surface area contributed by atoms with Crippen LogP contribution in [-0.4, -0.2) is 70.5 Å². The number of alkyl halides is 3. The van der Waals surface area contributed by atoms with Crippen molar-refractivity contribution in [3.63, 3.8) is 0 Å². The number of hydrogen-bond donors (Lipinski definition) is 1. The number of nitrogens with one attached hydrogen (secondary N) is 1. The van der Waals surface area contributed by atoms with E-state index in [0.717, 1.165) is 48.2 Å². The molecular weight excluding hydrogens is 519 g/mol. The SMILES string of the molecule is CN(C)C(c1ccccc1)C1CCC(NC(=O)COCCN(C)S(=O)(=O)c2cccc(C(F)(F)F)c2)CC1. The Balaban J connectivity index is 1.41. The van der Waals surface area contributed by atoms with Gasteiger partial charge in [-0.3, -0.25) is 4.79 Å². The summed E-state index contributed by atoms with van der Waals surface area (Å²) in [6.45, 7) is -0.402. The van der Waals surface area contributed by atoms with Crippen LogP contribution in [-0.2, 0) is 25.7 Å². The lowest BCUT2D eigenvalue weighted by Gasteiger charge is -2.37. The highest BCUT2D eigenvalue weighted by molar-refractivity contribution is 7.89. The van der Waals surface area contributed by atoms with Gasteiger partial charge in [-0.05, 0) is 69.5 Å². The molecule has 1 aliphatic carbocycles. The van der Waals surface area contributed by atoms with E-state index >= 15 is 0 Å². The van der Waals surface area contributed by atoms with Gasteiger partial charge in [0.15, 0.2) is 0 Å². The summed E-state index contributed by atoms with van der Waals surface area (Å²) in [6.07, 6.45) is -0.934. The summed E-state index contributed by atoms with van der Waals surface area (Å²) in [7, 11) is 1.30. The lowest BCUT2D eigenvalue weighted by molar-refractivity contribution is -0.137. The highest BCUT2D eigenvalue weighted by Crippen LogP contribution is 2.37. The second-order valence-electron chi connectivity index (χ2n) is 9.90. The van der Waals surface area contributed by atoms with E-state index in [-0.39, 0.29) is 31.7 Å². The number of halogens is 3. The minimum Gasteiger partial charge on any atom is -0.370 e. The number of sulfonamides is 1. The van der Waals surface area contributed by atoms with Crippen molar-refractivity contribution in [1.82, 2.24) is 14.5 Å². The normalized spacial score (nSPS) is 19.5. The molecule has 0 aromatic heterocycles. The maximum atomic E-state index is 12.9. The molecule has 0 radical (unpaired) electrons. The molecule has 1 amide bonds. The summed E-state index contributed by atoms with van der Waals surface area (Å²) in [5.41, 5.74) is 0.254. The highest BCUT2D eigenvalue weighted by atomic mass is 32.2. The van der Waals surface area contributed by atoms with Crippen LogP contribution in [0.2, 0.25) is 0 Å². The van der Waals surface area contributed by atoms with Gasteiger partial charge in [-0.15, -0.1) is 0 Å². The quantitative estimate of drug-likeness (QED) is 0.418. The van der Waals surface area contributed by atoms with E-state index in [9.17, 15) is 26.4 Å². The first-order chi connectivity index (χ1) is 17.9. The molecule has 0 aliphatic heterocycles. The zero-order valence-electron chi connectivity index (χ0n) is 21.9. The summed E-state index contributed by atoms with van der Waals surface area (Å²) in [5.74, 6) is 0.218. The molecule has 0 bridgehead atoms. The molecule has 1 aliphatic rings. The second kappa shape index (κ2) is 13.1. The molecule has 0 saturated heterocycles. The van der Waals surface area contributed by atoms with Crippen LogP contribution in [0.15, 0.2) is 59.5 Å². The monoisotopic (exact) mass is 555 g/mol. The van der Waals surface area contributed by atoms with Gasteiger partial charge < -0.3 is 15.0 Å². The van der Waals surface area contributed by atoms with Crippen LogP contribution < -0.4 is 5.32 Å². The topological polar surface area (TPSA) is 79.0 Å². The summed E-state index contributed by atoms with van der Waals surface area (Å²) in [4.78, 5) is 14.2. The molecular formula is C27H36F3N3O4S. The maximum absolute atomic E-state index is 12.9. The van der Waals surface area contributed by atoms with E-state index in [0.29, 0.717) is 18.0 Å². The molecule has 0 spiro atoms. The van der Waals surface area contributed by atoms with Crippen LogP contribution in [0.5, 0.6) is 0 Å². The fourth-order valence-electron chi connectivity index (χ4n) is 4.98. The molecule has 11 heteroatoms. The van der Waals surface area contributed by atoms with Gasteiger partial charge in [-0.1, -0.05) is 36.4 Å². The summed E-state index contributed by atoms with van der Waals surface area (Å²) in [5, 5.41) is 3.00. The van der Waals surface area contributed by atoms with Crippen molar-refractivity contribution in [2.45, 2.75) is 48.8 Å². The molecule has 1 N–H and O–H groups in total. The summed E-state index contributed by atoms with van der Waals surface area (Å²) < 4.78 is 70.3. The van der Waals surface area contributed by atoms with Crippen molar-refractivity contribution in [2.24, 2.45) is 5.92 Å². The van der Waals surface area contributed by atoms with Gasteiger partial charge >= 0.3 is 6.18 Å². The fourth-order valence-corrected chi connectivity index (χ4v) is 6.18. The Hall–Kier alpha value is -2.47. The van der Waals surface area contributed by atoms with Gasteiger partial charge in [0.05, 0.1) is 17.1 Å². The zero-order valence-corrected chi connectivity index (χ0v) is 22.8. The van der Waals surface area contributed by atoms with Crippen molar-refractivity contribution >= 4 is 15.9 Å². The molecule has 1 fully saturated rings. The third-order valence-corrected chi connectivity index (χ3v) is 8.79. The molecule has 7 nitrogen and oxygen atoms in total. The smallest absolute Gasteiger partial charge is 0.370 e. The predicted octanol–water partition coefficient (Wildman–Crippen LogP) is 4.32. The Kier molecular flexibility index (Phi) is 10.3. The molecule has 2 aromatic carbocycles. The first-order valence-corrected chi connectivity index (χ1v) is 14.1. The molecule has 2 aromatic rings. The third-order valence-electron chi connectivity index (χ3n) is 6.93. The maximum Gasteiger partial charge on any atom is 0.416 e. The highest BCUT2D eigenvalue weighted by Gasteiger charge is 2.33. The molecule has 210 valence electrons. The predicted molar refractivity (Wildman–Crippen MR) is 139 cm³/mol. The number of carbonyl (C=O) groups excluding carboxylic acids is 1. The molecule has 3 rings (SSSR count). The molecule has 1 atom stereocenters. The fraction of sp³-hybridized carbons (Fsp3) is 0.519. The molecule has 1 unspecified atom stereocenters. The third kappa shape index (κ3) is 8.02. The van der Waals surface area contributed by atoms with Crippen LogP contribution in [0.3, 0.4) is 0 Å². The van der Waals surface area contributed by atoms with E-state index < -0.39 is 26.7 Å². The van der Waals surface area contributed by atoms with Gasteiger partial charge in [0.2, 0.25) is 15.9 Å². The lowest BCUT2D eigenvalue weighted by Crippen LogP contribution is -2.41. The first kappa shape index (κ1) is 30.1. The van der Waals surface area contributed by atoms with Crippen LogP contribution in [0.4, 0.5) is 13.2 Å². The van der Waals surface area contributed by atoms with Crippen molar-refractivity contribution in [2.75, 3.05) is 40.9 Å². The number of hydrogen-bond acceptors (Lipinski definition) is 5. The van der Waals surface area contributed by atoms with Gasteiger partial charge in [0.25, 0.3) is 0 Å². The number of rotatable bonds is 11. The van der Waals surface area contributed by atoms with Crippen LogP contribution in [0, 0.1) is 5.92 Å². The Bertz CT molecular complexity index is 1150. The van der Waals surface area contributed by atoms with Crippen LogP contribution >= 0.6 is 0 Å². The first-order valence-electron chi connectivity index (χ1n) is 12.6. The van der Waals surface area contributed by atoms with Gasteiger partial charge in [-0.25, -0.2) is 8.42 Å². The lowest BCUT2D eigenvalue weighted by atomic mass is 9.78. The van der Waals surface area contributed by atoms with Crippen LogP contribution in [0.25, 0.3) is 0 Å². The Labute approximate surface area is 223 Å². The average molecular weight is 556 g/mol. The molecule has 38 heavy (non-hydrogen) atoms. The minimum absolute atomic E-state index is 0.0601. The number of likely N-dealkylation sites (N-methyl/N-ethyl adjacent to an activating group) is 1. The molecule has 0 heterocycles. The minimum atomic E-state index is -4.64. The number of amides is 1.